The monoisotopic (exact) mass is 265 g/mol. The number of carbonyl (C=O) groups is 1. The third-order valence-corrected chi connectivity index (χ3v) is 3.39. The van der Waals surface area contributed by atoms with Crippen LogP contribution in [0.3, 0.4) is 0 Å². The average Bonchev–Trinajstić information content (AvgIpc) is 2.94. The Morgan fingerprint density at radius 3 is 2.65 bits per heavy atom. The van der Waals surface area contributed by atoms with Crippen LogP contribution in [0.1, 0.15) is 15.9 Å². The van der Waals surface area contributed by atoms with Crippen LogP contribution in [0.25, 0.3) is 11.0 Å². The van der Waals surface area contributed by atoms with Crippen LogP contribution < -0.4 is 4.90 Å². The Bertz CT molecular complexity index is 759. The van der Waals surface area contributed by atoms with Gasteiger partial charge in [0.1, 0.15) is 0 Å². The Kier molecular flexibility index (Phi) is 2.99. The second kappa shape index (κ2) is 4.81. The molecule has 0 aliphatic rings. The molecule has 1 amide bonds. The lowest BCUT2D eigenvalue weighted by atomic mass is 10.1. The number of aryl methyl sites for hydroxylation is 1. The molecule has 1 aromatic heterocycles. The van der Waals surface area contributed by atoms with E-state index in [0.717, 1.165) is 22.3 Å². The fraction of sp³-hybridized carbons (Fsp3) is 0.125. The summed E-state index contributed by atoms with van der Waals surface area (Å²) in [6.45, 7) is 2.00. The lowest BCUT2D eigenvalue weighted by molar-refractivity contribution is 0.0993. The Balaban J connectivity index is 1.92. The van der Waals surface area contributed by atoms with Crippen molar-refractivity contribution in [3.63, 3.8) is 0 Å². The van der Waals surface area contributed by atoms with Gasteiger partial charge >= 0.3 is 0 Å². The summed E-state index contributed by atoms with van der Waals surface area (Å²) < 4.78 is 0. The molecule has 0 spiro atoms. The van der Waals surface area contributed by atoms with Crippen LogP contribution >= 0.6 is 0 Å². The standard InChI is InChI=1S/C16H15N3O/c1-11-3-5-12(6-4-11)16(20)19(2)13-7-8-14-15(9-13)18-10-17-14/h3-10H,1-2H3,(H,17,18). The van der Waals surface area contributed by atoms with E-state index in [9.17, 15) is 4.79 Å². The number of nitrogens with zero attached hydrogens (tertiary/aromatic N) is 2. The Morgan fingerprint density at radius 2 is 1.90 bits per heavy atom. The number of hydrogen-bond donors (Lipinski definition) is 1. The Labute approximate surface area is 117 Å². The molecule has 4 heteroatoms. The first-order chi connectivity index (χ1) is 9.65. The van der Waals surface area contributed by atoms with Gasteiger partial charge in [0.15, 0.2) is 0 Å². The highest BCUT2D eigenvalue weighted by atomic mass is 16.2. The zero-order valence-electron chi connectivity index (χ0n) is 11.4. The Morgan fingerprint density at radius 1 is 1.15 bits per heavy atom. The van der Waals surface area contributed by atoms with E-state index in [2.05, 4.69) is 9.97 Å². The molecule has 0 atom stereocenters. The van der Waals surface area contributed by atoms with Crippen LogP contribution in [0.4, 0.5) is 5.69 Å². The van der Waals surface area contributed by atoms with Crippen molar-refractivity contribution >= 4 is 22.6 Å². The maximum atomic E-state index is 12.4. The highest BCUT2D eigenvalue weighted by molar-refractivity contribution is 6.06. The maximum absolute atomic E-state index is 12.4. The summed E-state index contributed by atoms with van der Waals surface area (Å²) in [5, 5.41) is 0. The molecule has 20 heavy (non-hydrogen) atoms. The van der Waals surface area contributed by atoms with Crippen molar-refractivity contribution in [2.24, 2.45) is 0 Å². The summed E-state index contributed by atoms with van der Waals surface area (Å²) in [4.78, 5) is 21.3. The highest BCUT2D eigenvalue weighted by Crippen LogP contribution is 2.20. The quantitative estimate of drug-likeness (QED) is 0.773. The van der Waals surface area contributed by atoms with E-state index in [1.165, 1.54) is 0 Å². The van der Waals surface area contributed by atoms with Gasteiger partial charge in [-0.2, -0.15) is 0 Å². The van der Waals surface area contributed by atoms with Crippen molar-refractivity contribution in [2.75, 3.05) is 11.9 Å². The molecule has 4 nitrogen and oxygen atoms in total. The third-order valence-electron chi connectivity index (χ3n) is 3.39. The molecule has 2 aromatic carbocycles. The lowest BCUT2D eigenvalue weighted by Crippen LogP contribution is -2.26. The number of nitrogens with one attached hydrogen (secondary N) is 1. The minimum Gasteiger partial charge on any atom is -0.345 e. The van der Waals surface area contributed by atoms with Gasteiger partial charge in [-0.1, -0.05) is 17.7 Å². The Hall–Kier alpha value is -2.62. The largest absolute Gasteiger partial charge is 0.345 e. The molecule has 0 saturated carbocycles. The zero-order valence-corrected chi connectivity index (χ0v) is 11.4. The van der Waals surface area contributed by atoms with Crippen LogP contribution in [0, 0.1) is 6.92 Å². The van der Waals surface area contributed by atoms with Crippen LogP contribution in [-0.4, -0.2) is 22.9 Å². The number of imidazole rings is 1. The number of aromatic amines is 1. The van der Waals surface area contributed by atoms with E-state index < -0.39 is 0 Å². The van der Waals surface area contributed by atoms with Crippen molar-refractivity contribution in [3.8, 4) is 0 Å². The van der Waals surface area contributed by atoms with Gasteiger partial charge in [-0.05, 0) is 37.3 Å². The van der Waals surface area contributed by atoms with E-state index in [1.54, 1.807) is 18.3 Å². The van der Waals surface area contributed by atoms with Gasteiger partial charge in [-0.25, -0.2) is 4.98 Å². The van der Waals surface area contributed by atoms with Gasteiger partial charge in [-0.3, -0.25) is 4.79 Å². The summed E-state index contributed by atoms with van der Waals surface area (Å²) >= 11 is 0. The number of H-pyrrole nitrogens is 1. The highest BCUT2D eigenvalue weighted by Gasteiger charge is 2.13. The number of rotatable bonds is 2. The van der Waals surface area contributed by atoms with Crippen LogP contribution in [0.5, 0.6) is 0 Å². The third kappa shape index (κ3) is 2.16. The van der Waals surface area contributed by atoms with Gasteiger partial charge < -0.3 is 9.88 Å². The number of amides is 1. The van der Waals surface area contributed by atoms with Gasteiger partial charge in [-0.15, -0.1) is 0 Å². The minimum atomic E-state index is -0.0242. The summed E-state index contributed by atoms with van der Waals surface area (Å²) in [6, 6.07) is 13.3. The summed E-state index contributed by atoms with van der Waals surface area (Å²) in [5.74, 6) is -0.0242. The molecule has 3 rings (SSSR count). The van der Waals surface area contributed by atoms with E-state index in [-0.39, 0.29) is 5.91 Å². The lowest BCUT2D eigenvalue weighted by Gasteiger charge is -2.17. The first-order valence-electron chi connectivity index (χ1n) is 6.43. The number of aromatic nitrogens is 2. The van der Waals surface area contributed by atoms with E-state index >= 15 is 0 Å². The molecule has 3 aromatic rings. The van der Waals surface area contributed by atoms with Gasteiger partial charge in [0.05, 0.1) is 17.4 Å². The molecule has 0 aliphatic carbocycles. The molecule has 1 N–H and O–H groups in total. The smallest absolute Gasteiger partial charge is 0.258 e. The number of carbonyl (C=O) groups excluding carboxylic acids is 1. The van der Waals surface area contributed by atoms with E-state index in [0.29, 0.717) is 5.56 Å². The summed E-state index contributed by atoms with van der Waals surface area (Å²) in [5.41, 5.74) is 4.48. The first-order valence-corrected chi connectivity index (χ1v) is 6.43. The van der Waals surface area contributed by atoms with Crippen LogP contribution in [0.15, 0.2) is 48.8 Å². The predicted molar refractivity (Wildman–Crippen MR) is 80.0 cm³/mol. The normalized spacial score (nSPS) is 10.7. The van der Waals surface area contributed by atoms with Crippen molar-refractivity contribution in [1.29, 1.82) is 0 Å². The fourth-order valence-corrected chi connectivity index (χ4v) is 2.14. The molecular formula is C16H15N3O. The van der Waals surface area contributed by atoms with E-state index in [4.69, 9.17) is 0 Å². The van der Waals surface area contributed by atoms with Crippen LogP contribution in [0.2, 0.25) is 0 Å². The number of fused-ring (bicyclic) bond motifs is 1. The molecule has 0 bridgehead atoms. The summed E-state index contributed by atoms with van der Waals surface area (Å²) in [6.07, 6.45) is 1.65. The topological polar surface area (TPSA) is 49.0 Å². The first kappa shape index (κ1) is 12.4. The van der Waals surface area contributed by atoms with E-state index in [1.807, 2.05) is 49.4 Å². The molecule has 0 aliphatic heterocycles. The average molecular weight is 265 g/mol. The molecule has 0 fully saturated rings. The number of hydrogen-bond acceptors (Lipinski definition) is 2. The maximum Gasteiger partial charge on any atom is 0.258 e. The van der Waals surface area contributed by atoms with Crippen molar-refractivity contribution in [3.05, 3.63) is 59.9 Å². The zero-order chi connectivity index (χ0) is 14.1. The predicted octanol–water partition coefficient (Wildman–Crippen LogP) is 3.15. The molecule has 0 radical (unpaired) electrons. The number of benzene rings is 2. The van der Waals surface area contributed by atoms with Gasteiger partial charge in [0.2, 0.25) is 0 Å². The van der Waals surface area contributed by atoms with Crippen molar-refractivity contribution in [2.45, 2.75) is 6.92 Å². The van der Waals surface area contributed by atoms with Crippen LogP contribution in [-0.2, 0) is 0 Å². The molecule has 1 heterocycles. The molecule has 0 unspecified atom stereocenters. The van der Waals surface area contributed by atoms with Gasteiger partial charge in [0.25, 0.3) is 5.91 Å². The SMILES string of the molecule is Cc1ccc(C(=O)N(C)c2ccc3nc[nH]c3c2)cc1. The summed E-state index contributed by atoms with van der Waals surface area (Å²) in [7, 11) is 1.78. The minimum absolute atomic E-state index is 0.0242. The van der Waals surface area contributed by atoms with Crippen molar-refractivity contribution in [1.82, 2.24) is 9.97 Å². The molecule has 0 saturated heterocycles. The second-order valence-corrected chi connectivity index (χ2v) is 4.83. The number of anilines is 1. The molecular weight excluding hydrogens is 250 g/mol. The molecule has 100 valence electrons. The van der Waals surface area contributed by atoms with Crippen molar-refractivity contribution < 1.29 is 4.79 Å². The second-order valence-electron chi connectivity index (χ2n) is 4.83. The fourth-order valence-electron chi connectivity index (χ4n) is 2.14. The van der Waals surface area contributed by atoms with Gasteiger partial charge in [0, 0.05) is 18.3 Å².